The number of likely N-dealkylation sites (tertiary alicyclic amines) is 1. The SMILES string of the molecule is Nc1ccc(C(=O)O)cc1.O=C(O)c1ccc(Nc2ccncc2)cc1.O=C(c1ccc(Cl)cc1)C1CCN(C(=O)c2ccc(Nc3ccncc3)cc2)CC1. The third kappa shape index (κ3) is 12.0. The van der Waals surface area contributed by atoms with Gasteiger partial charge in [-0.05, 0) is 134 Å². The predicted molar refractivity (Wildman–Crippen MR) is 217 cm³/mol. The number of Topliss-reactive ketones (excluding diaryl/α,β-unsaturated/α-hetero) is 1. The fourth-order valence-electron chi connectivity index (χ4n) is 5.60. The minimum absolute atomic E-state index is 0.00264. The molecule has 0 aliphatic carbocycles. The molecule has 56 heavy (non-hydrogen) atoms. The van der Waals surface area contributed by atoms with Crippen molar-refractivity contribution in [3.05, 3.63) is 173 Å². The molecule has 1 saturated heterocycles. The fourth-order valence-corrected chi connectivity index (χ4v) is 5.72. The molecule has 0 spiro atoms. The fraction of sp³-hybridized carbons (Fsp3) is 0.116. The van der Waals surface area contributed by atoms with E-state index in [1.54, 1.807) is 85.5 Å². The van der Waals surface area contributed by atoms with Gasteiger partial charge in [0.2, 0.25) is 0 Å². The molecule has 12 nitrogen and oxygen atoms in total. The molecule has 0 radical (unpaired) electrons. The highest BCUT2D eigenvalue weighted by Gasteiger charge is 2.28. The number of carboxylic acid groups (broad SMARTS) is 2. The van der Waals surface area contributed by atoms with Gasteiger partial charge in [-0.15, -0.1) is 0 Å². The Bertz CT molecular complexity index is 2200. The van der Waals surface area contributed by atoms with Crippen molar-refractivity contribution in [2.24, 2.45) is 5.92 Å². The number of rotatable bonds is 9. The molecule has 1 fully saturated rings. The largest absolute Gasteiger partial charge is 0.478 e. The van der Waals surface area contributed by atoms with Crippen molar-refractivity contribution >= 4 is 63.7 Å². The number of nitrogen functional groups attached to an aromatic ring is 1. The number of hydrogen-bond acceptors (Lipinski definition) is 9. The van der Waals surface area contributed by atoms with Gasteiger partial charge in [-0.1, -0.05) is 11.6 Å². The number of aromatic nitrogens is 2. The first-order valence-electron chi connectivity index (χ1n) is 17.5. The minimum atomic E-state index is -0.931. The van der Waals surface area contributed by atoms with Gasteiger partial charge in [-0.2, -0.15) is 0 Å². The monoisotopic (exact) mass is 770 g/mol. The molecule has 1 amide bonds. The van der Waals surface area contributed by atoms with Gasteiger partial charge in [0, 0.05) is 88.4 Å². The Morgan fingerprint density at radius 3 is 1.36 bits per heavy atom. The summed E-state index contributed by atoms with van der Waals surface area (Å²) in [7, 11) is 0. The van der Waals surface area contributed by atoms with Crippen LogP contribution in [0.3, 0.4) is 0 Å². The molecule has 1 aliphatic heterocycles. The van der Waals surface area contributed by atoms with Crippen LogP contribution in [-0.2, 0) is 0 Å². The van der Waals surface area contributed by atoms with Crippen molar-refractivity contribution < 1.29 is 29.4 Å². The van der Waals surface area contributed by atoms with E-state index in [2.05, 4.69) is 20.6 Å². The summed E-state index contributed by atoms with van der Waals surface area (Å²) < 4.78 is 0. The summed E-state index contributed by atoms with van der Waals surface area (Å²) in [5, 5.41) is 24.2. The Morgan fingerprint density at radius 1 is 0.554 bits per heavy atom. The zero-order valence-corrected chi connectivity index (χ0v) is 30.8. The average Bonchev–Trinajstić information content (AvgIpc) is 3.22. The van der Waals surface area contributed by atoms with Crippen molar-refractivity contribution in [1.29, 1.82) is 0 Å². The third-order valence-electron chi connectivity index (χ3n) is 8.64. The van der Waals surface area contributed by atoms with Crippen LogP contribution in [-0.4, -0.2) is 61.8 Å². The average molecular weight is 771 g/mol. The lowest BCUT2D eigenvalue weighted by molar-refractivity contribution is 0.0650. The van der Waals surface area contributed by atoms with Crippen LogP contribution in [0.4, 0.5) is 28.4 Å². The lowest BCUT2D eigenvalue weighted by atomic mass is 9.88. The number of halogens is 1. The maximum atomic E-state index is 12.9. The Kier molecular flexibility index (Phi) is 14.2. The lowest BCUT2D eigenvalue weighted by Crippen LogP contribution is -2.40. The number of carbonyl (C=O) groups excluding carboxylic acids is 2. The lowest BCUT2D eigenvalue weighted by Gasteiger charge is -2.31. The molecule has 4 aromatic carbocycles. The van der Waals surface area contributed by atoms with Gasteiger partial charge in [0.05, 0.1) is 11.1 Å². The van der Waals surface area contributed by atoms with E-state index in [0.29, 0.717) is 47.8 Å². The molecule has 284 valence electrons. The van der Waals surface area contributed by atoms with Crippen molar-refractivity contribution in [2.45, 2.75) is 12.8 Å². The van der Waals surface area contributed by atoms with Gasteiger partial charge in [-0.25, -0.2) is 9.59 Å². The van der Waals surface area contributed by atoms with E-state index >= 15 is 0 Å². The summed E-state index contributed by atoms with van der Waals surface area (Å²) >= 11 is 5.90. The number of hydrogen-bond donors (Lipinski definition) is 5. The first-order valence-corrected chi connectivity index (χ1v) is 17.9. The summed E-state index contributed by atoms with van der Waals surface area (Å²) in [6.07, 6.45) is 8.18. The van der Waals surface area contributed by atoms with Crippen LogP contribution < -0.4 is 16.4 Å². The number of nitrogens with one attached hydrogen (secondary N) is 2. The molecule has 6 N–H and O–H groups in total. The summed E-state index contributed by atoms with van der Waals surface area (Å²) in [5.74, 6) is -1.77. The van der Waals surface area contributed by atoms with E-state index in [1.165, 1.54) is 12.1 Å². The Morgan fingerprint density at radius 2 is 0.929 bits per heavy atom. The number of benzene rings is 4. The summed E-state index contributed by atoms with van der Waals surface area (Å²) in [4.78, 5) is 56.2. The smallest absolute Gasteiger partial charge is 0.335 e. The molecule has 7 rings (SSSR count). The van der Waals surface area contributed by atoms with Crippen LogP contribution in [0.5, 0.6) is 0 Å². The number of piperidine rings is 1. The number of ketones is 1. The standard InChI is InChI=1S/C24H22ClN3O2.C12H10N2O2.C7H7NO2/c25-20-5-1-17(2-6-20)23(29)18-11-15-28(16-12-18)24(30)19-3-7-21(8-4-19)27-22-9-13-26-14-10-22;15-12(16)9-1-3-10(4-2-9)14-11-5-7-13-8-6-11;8-6-3-1-5(2-4-6)7(9)10/h1-10,13-14,18H,11-12,15-16H2,(H,26,27);1-8H,(H,13,14)(H,15,16);1-4H,8H2,(H,9,10). The molecule has 0 unspecified atom stereocenters. The molecule has 3 heterocycles. The number of nitrogens with zero attached hydrogens (tertiary/aromatic N) is 3. The Labute approximate surface area is 328 Å². The van der Waals surface area contributed by atoms with E-state index in [4.69, 9.17) is 27.5 Å². The van der Waals surface area contributed by atoms with Crippen LogP contribution in [0.1, 0.15) is 54.3 Å². The number of pyridine rings is 2. The van der Waals surface area contributed by atoms with Crippen LogP contribution >= 0.6 is 11.6 Å². The first-order chi connectivity index (χ1) is 27.0. The number of nitrogens with two attached hydrogens (primary N) is 1. The zero-order valence-electron chi connectivity index (χ0n) is 30.1. The minimum Gasteiger partial charge on any atom is -0.478 e. The molecule has 0 atom stereocenters. The van der Waals surface area contributed by atoms with Gasteiger partial charge in [0.25, 0.3) is 5.91 Å². The first kappa shape index (κ1) is 40.1. The topological polar surface area (TPSA) is 188 Å². The van der Waals surface area contributed by atoms with E-state index in [-0.39, 0.29) is 28.7 Å². The highest BCUT2D eigenvalue weighted by molar-refractivity contribution is 6.30. The van der Waals surface area contributed by atoms with E-state index < -0.39 is 11.9 Å². The molecule has 0 saturated carbocycles. The highest BCUT2D eigenvalue weighted by Crippen LogP contribution is 2.25. The second-order valence-electron chi connectivity index (χ2n) is 12.5. The normalized spacial score (nSPS) is 12.1. The van der Waals surface area contributed by atoms with Crippen LogP contribution in [0.25, 0.3) is 0 Å². The van der Waals surface area contributed by atoms with Gasteiger partial charge in [-0.3, -0.25) is 19.6 Å². The van der Waals surface area contributed by atoms with Crippen molar-refractivity contribution in [3.63, 3.8) is 0 Å². The van der Waals surface area contributed by atoms with Gasteiger partial charge in [0.15, 0.2) is 5.78 Å². The molecule has 13 heteroatoms. The third-order valence-corrected chi connectivity index (χ3v) is 8.89. The number of carboxylic acids is 2. The number of amides is 1. The number of anilines is 5. The van der Waals surface area contributed by atoms with Gasteiger partial charge < -0.3 is 31.5 Å². The summed E-state index contributed by atoms with van der Waals surface area (Å²) in [5.41, 5.74) is 11.4. The molecule has 2 aromatic heterocycles. The van der Waals surface area contributed by atoms with E-state index in [1.807, 2.05) is 53.4 Å². The summed E-state index contributed by atoms with van der Waals surface area (Å²) in [6.45, 7) is 1.17. The van der Waals surface area contributed by atoms with Gasteiger partial charge >= 0.3 is 11.9 Å². The van der Waals surface area contributed by atoms with E-state index in [0.717, 1.165) is 22.7 Å². The second kappa shape index (κ2) is 19.9. The van der Waals surface area contributed by atoms with Crippen LogP contribution in [0.2, 0.25) is 5.02 Å². The van der Waals surface area contributed by atoms with Gasteiger partial charge in [0.1, 0.15) is 0 Å². The Balaban J connectivity index is 0.000000191. The second-order valence-corrected chi connectivity index (χ2v) is 13.0. The number of aromatic carboxylic acids is 2. The van der Waals surface area contributed by atoms with Crippen molar-refractivity contribution in [2.75, 3.05) is 29.5 Å². The Hall–Kier alpha value is -7.05. The molecule has 0 bridgehead atoms. The summed E-state index contributed by atoms with van der Waals surface area (Å²) in [6, 6.07) is 34.5. The van der Waals surface area contributed by atoms with Crippen LogP contribution in [0.15, 0.2) is 146 Å². The highest BCUT2D eigenvalue weighted by atomic mass is 35.5. The van der Waals surface area contributed by atoms with Crippen molar-refractivity contribution in [1.82, 2.24) is 14.9 Å². The molecular formula is C43H39ClN6O6. The zero-order chi connectivity index (χ0) is 39.9. The quantitative estimate of drug-likeness (QED) is 0.0699. The molecule has 1 aliphatic rings. The molecule has 6 aromatic rings. The van der Waals surface area contributed by atoms with Crippen LogP contribution in [0, 0.1) is 5.92 Å². The molecular weight excluding hydrogens is 732 g/mol. The van der Waals surface area contributed by atoms with E-state index in [9.17, 15) is 19.2 Å². The number of carbonyl (C=O) groups is 4. The maximum absolute atomic E-state index is 12.9. The maximum Gasteiger partial charge on any atom is 0.335 e. The van der Waals surface area contributed by atoms with Crippen molar-refractivity contribution in [3.8, 4) is 0 Å². The predicted octanol–water partition coefficient (Wildman–Crippen LogP) is 8.70.